The summed E-state index contributed by atoms with van der Waals surface area (Å²) >= 11 is 0. The predicted molar refractivity (Wildman–Crippen MR) is 291 cm³/mol. The number of nitrogens with zero attached hydrogens (tertiary/aromatic N) is 3. The van der Waals surface area contributed by atoms with Crippen LogP contribution < -0.4 is 31.9 Å². The second kappa shape index (κ2) is 24.1. The number of amides is 7. The minimum absolute atomic E-state index is 0.00405. The number of benzene rings is 3. The highest BCUT2D eigenvalue weighted by molar-refractivity contribution is 6.79. The van der Waals surface area contributed by atoms with Crippen molar-refractivity contribution in [3.8, 4) is 0 Å². The van der Waals surface area contributed by atoms with Gasteiger partial charge in [-0.25, -0.2) is 8.78 Å². The molecular weight excluding hydrogens is 989 g/mol. The van der Waals surface area contributed by atoms with Gasteiger partial charge in [0.25, 0.3) is 5.91 Å². The topological polar surface area (TPSA) is 201 Å². The van der Waals surface area contributed by atoms with Crippen molar-refractivity contribution in [2.24, 2.45) is 10.8 Å². The van der Waals surface area contributed by atoms with E-state index in [0.29, 0.717) is 17.8 Å². The first kappa shape index (κ1) is 59.2. The molecule has 6 N–H and O–H groups in total. The third-order valence-electron chi connectivity index (χ3n) is 15.4. The van der Waals surface area contributed by atoms with Gasteiger partial charge in [0.15, 0.2) is 11.6 Å². The van der Waals surface area contributed by atoms with E-state index in [1.54, 1.807) is 64.0 Å². The molecule has 2 unspecified atom stereocenters. The molecule has 7 amide bonds. The molecule has 3 aliphatic rings. The quantitative estimate of drug-likeness (QED) is 0.0921. The molecule has 3 aromatic rings. The number of hydrogen-bond acceptors (Lipinski definition) is 9. The van der Waals surface area contributed by atoms with Crippen LogP contribution in [0.25, 0.3) is 0 Å². The zero-order valence-electron chi connectivity index (χ0n) is 46.7. The smallest absolute Gasteiger partial charge is 0.251 e. The summed E-state index contributed by atoms with van der Waals surface area (Å²) in [4.78, 5) is 104. The summed E-state index contributed by atoms with van der Waals surface area (Å²) in [6.45, 7) is 20.1. The van der Waals surface area contributed by atoms with E-state index < -0.39 is 103 Å². The van der Waals surface area contributed by atoms with Gasteiger partial charge in [-0.2, -0.15) is 0 Å². The highest BCUT2D eigenvalue weighted by Gasteiger charge is 2.51. The molecule has 2 aliphatic heterocycles. The van der Waals surface area contributed by atoms with Crippen molar-refractivity contribution in [2.75, 3.05) is 26.8 Å². The molecule has 9 atom stereocenters. The van der Waals surface area contributed by atoms with E-state index >= 15 is 9.18 Å². The Kier molecular flexibility index (Phi) is 18.8. The highest BCUT2D eigenvalue weighted by atomic mass is 28.3. The lowest BCUT2D eigenvalue weighted by molar-refractivity contribution is -0.148. The molecule has 2 fully saturated rings. The Balaban J connectivity index is 1.26. The maximum absolute atomic E-state index is 15.6. The number of carbonyl (C=O) groups is 7. The lowest BCUT2D eigenvalue weighted by Crippen LogP contribution is -2.60. The molecule has 414 valence electrons. The minimum atomic E-state index is -2.25. The molecule has 16 nitrogen and oxygen atoms in total. The fourth-order valence-corrected chi connectivity index (χ4v) is 13.5. The van der Waals surface area contributed by atoms with Crippen molar-refractivity contribution in [2.45, 2.75) is 168 Å². The Labute approximate surface area is 448 Å². The van der Waals surface area contributed by atoms with Gasteiger partial charge < -0.3 is 46.6 Å². The molecule has 3 aromatic carbocycles. The summed E-state index contributed by atoms with van der Waals surface area (Å²) in [5.41, 5.74) is 1.46. The van der Waals surface area contributed by atoms with Gasteiger partial charge in [-0.05, 0) is 112 Å². The van der Waals surface area contributed by atoms with E-state index in [9.17, 15) is 33.2 Å². The fourth-order valence-electron chi connectivity index (χ4n) is 10.6. The molecule has 0 aromatic heterocycles. The Hall–Kier alpha value is -6.05. The van der Waals surface area contributed by atoms with Gasteiger partial charge in [-0.15, -0.1) is 0 Å². The SMILES string of the molecule is CN[C@@H](C)C(=O)N[C@H](C(=O)N1C[C@@H](NC(=O)c2ccc(CN(C(=O)C3C[Si](C)(C)CN3C(=O)[C@@H](NC(=O)[C@H](C)NC)C(C)(C)C)[C@H](C)c3cccc(F)c3F)cc2)CC1C(=O)N[C@@H]1CCCc2ccccc21)C(C)(C)C. The van der Waals surface area contributed by atoms with E-state index in [-0.39, 0.29) is 54.4 Å². The van der Waals surface area contributed by atoms with Crippen molar-refractivity contribution in [1.82, 2.24) is 46.6 Å². The molecule has 0 bridgehead atoms. The number of nitrogens with one attached hydrogen (secondary N) is 6. The van der Waals surface area contributed by atoms with Gasteiger partial charge in [-0.3, -0.25) is 33.6 Å². The first-order valence-electron chi connectivity index (χ1n) is 26.6. The number of likely N-dealkylation sites (N-methyl/N-ethyl adjacent to an activating group) is 2. The van der Waals surface area contributed by atoms with Crippen LogP contribution in [0.2, 0.25) is 19.1 Å². The van der Waals surface area contributed by atoms with E-state index in [1.165, 1.54) is 21.9 Å². The van der Waals surface area contributed by atoms with Gasteiger partial charge in [-0.1, -0.05) is 103 Å². The monoisotopic (exact) mass is 1070 g/mol. The normalized spacial score (nSPS) is 21.3. The van der Waals surface area contributed by atoms with Crippen molar-refractivity contribution in [1.29, 1.82) is 0 Å². The molecule has 6 rings (SSSR count). The Morgan fingerprint density at radius 2 is 1.32 bits per heavy atom. The molecule has 0 saturated carbocycles. The van der Waals surface area contributed by atoms with Crippen LogP contribution in [-0.2, 0) is 41.7 Å². The number of hydrogen-bond donors (Lipinski definition) is 6. The number of carbonyl (C=O) groups excluding carboxylic acids is 7. The highest BCUT2D eigenvalue weighted by Crippen LogP contribution is 2.36. The van der Waals surface area contributed by atoms with E-state index in [2.05, 4.69) is 51.1 Å². The van der Waals surface area contributed by atoms with Gasteiger partial charge in [0.05, 0.1) is 32.2 Å². The van der Waals surface area contributed by atoms with Crippen molar-refractivity contribution in [3.63, 3.8) is 0 Å². The van der Waals surface area contributed by atoms with Crippen molar-refractivity contribution >= 4 is 49.4 Å². The molecule has 1 aliphatic carbocycles. The molecule has 0 radical (unpaired) electrons. The third kappa shape index (κ3) is 13.7. The number of likely N-dealkylation sites (tertiary alicyclic amines) is 1. The summed E-state index contributed by atoms with van der Waals surface area (Å²) in [6, 6.07) is 11.7. The van der Waals surface area contributed by atoms with E-state index in [0.717, 1.165) is 36.5 Å². The number of aryl methyl sites for hydroxylation is 1. The molecular formula is C57H81F2N9O7Si. The van der Waals surface area contributed by atoms with Crippen LogP contribution in [0.3, 0.4) is 0 Å². The lowest BCUT2D eigenvalue weighted by atomic mass is 9.85. The first-order chi connectivity index (χ1) is 35.6. The predicted octanol–water partition coefficient (Wildman–Crippen LogP) is 5.68. The Bertz CT molecular complexity index is 2640. The van der Waals surface area contributed by atoms with Crippen LogP contribution in [0.4, 0.5) is 8.78 Å². The number of rotatable bonds is 17. The third-order valence-corrected chi connectivity index (χ3v) is 18.1. The summed E-state index contributed by atoms with van der Waals surface area (Å²) < 4.78 is 30.5. The van der Waals surface area contributed by atoms with Gasteiger partial charge >= 0.3 is 0 Å². The number of fused-ring (bicyclic) bond motifs is 1. The summed E-state index contributed by atoms with van der Waals surface area (Å²) in [7, 11) is 1.04. The summed E-state index contributed by atoms with van der Waals surface area (Å²) in [5, 5.41) is 17.9. The molecule has 19 heteroatoms. The molecule has 0 spiro atoms. The van der Waals surface area contributed by atoms with Crippen LogP contribution in [-0.4, -0.2) is 133 Å². The standard InChI is InChI=1S/C57H81F2N9O7Si/c1-33(60-10)49(69)64-47(56(4,5)6)54(74)67-30-39(28-44(67)52(72)63-43-23-16-19-37-18-14-15-20-41(37)43)62-51(71)38-26-24-36(25-27-38)29-66(35(3)40-21-17-22-42(58)46(40)59)53(73)45-31-76(12,13)32-68(45)55(75)48(57(7,8)9)65-50(70)34(2)61-11/h14-15,17-18,20-22,24-27,33-35,39,43-45,47-48,60-61H,16,19,23,28-32H2,1-13H3,(H,62,71)(H,63,72)(H,64,69)(H,65,70)/t33-,34-,35+,39-,43+,44?,45?,47+,48+/m0/s1. The van der Waals surface area contributed by atoms with Crippen molar-refractivity contribution in [3.05, 3.63) is 106 Å². The van der Waals surface area contributed by atoms with Crippen LogP contribution in [0.1, 0.15) is 126 Å². The zero-order valence-corrected chi connectivity index (χ0v) is 47.7. The van der Waals surface area contributed by atoms with Crippen LogP contribution in [0.15, 0.2) is 66.7 Å². The lowest BCUT2D eigenvalue weighted by Gasteiger charge is -2.38. The molecule has 2 heterocycles. The second-order valence-electron chi connectivity index (χ2n) is 24.0. The van der Waals surface area contributed by atoms with Gasteiger partial charge in [0, 0.05) is 36.4 Å². The second-order valence-corrected chi connectivity index (χ2v) is 29.1. The average molecular weight is 1070 g/mol. The van der Waals surface area contributed by atoms with Gasteiger partial charge in [0.2, 0.25) is 35.4 Å². The number of halogens is 2. The first-order valence-corrected chi connectivity index (χ1v) is 30.1. The maximum Gasteiger partial charge on any atom is 0.251 e. The maximum atomic E-state index is 15.6. The van der Waals surface area contributed by atoms with Crippen molar-refractivity contribution < 1.29 is 42.3 Å². The van der Waals surface area contributed by atoms with Crippen LogP contribution in [0, 0.1) is 22.5 Å². The minimum Gasteiger partial charge on any atom is -0.347 e. The largest absolute Gasteiger partial charge is 0.347 e. The van der Waals surface area contributed by atoms with Crippen LogP contribution >= 0.6 is 0 Å². The average Bonchev–Trinajstić information content (AvgIpc) is 3.96. The Morgan fingerprint density at radius 1 is 0.737 bits per heavy atom. The van der Waals surface area contributed by atoms with Gasteiger partial charge in [0.1, 0.15) is 24.2 Å². The fraction of sp³-hybridized carbons (Fsp3) is 0.561. The summed E-state index contributed by atoms with van der Waals surface area (Å²) in [6.07, 6.45) is 2.95. The Morgan fingerprint density at radius 3 is 1.89 bits per heavy atom. The molecule has 76 heavy (non-hydrogen) atoms. The van der Waals surface area contributed by atoms with E-state index in [4.69, 9.17) is 0 Å². The summed E-state index contributed by atoms with van der Waals surface area (Å²) in [5.74, 6) is -5.08. The van der Waals surface area contributed by atoms with Crippen LogP contribution in [0.5, 0.6) is 0 Å². The molecule has 2 saturated heterocycles. The van der Waals surface area contributed by atoms with E-state index in [1.807, 2.05) is 59.7 Å². The zero-order chi connectivity index (χ0) is 56.2.